The lowest BCUT2D eigenvalue weighted by Crippen LogP contribution is -2.43. The molecule has 1 aliphatic rings. The van der Waals surface area contributed by atoms with E-state index in [-0.39, 0.29) is 31.4 Å². The fourth-order valence-corrected chi connectivity index (χ4v) is 3.65. The van der Waals surface area contributed by atoms with Crippen molar-refractivity contribution in [1.82, 2.24) is 4.90 Å². The lowest BCUT2D eigenvalue weighted by atomic mass is 10.1. The largest absolute Gasteiger partial charge is 0.484 e. The maximum atomic E-state index is 13.4. The number of aliphatic hydroxyl groups is 1. The van der Waals surface area contributed by atoms with Gasteiger partial charge in [0.2, 0.25) is 5.91 Å². The fraction of sp³-hybridized carbons (Fsp3) is 0.364. The number of alkyl halides is 3. The summed E-state index contributed by atoms with van der Waals surface area (Å²) in [6, 6.07) is 11.0. The number of rotatable bonds is 6. The van der Waals surface area contributed by atoms with Crippen LogP contribution >= 0.6 is 0 Å². The van der Waals surface area contributed by atoms with Crippen molar-refractivity contribution in [2.24, 2.45) is 0 Å². The summed E-state index contributed by atoms with van der Waals surface area (Å²) >= 11 is 0. The molecule has 0 spiro atoms. The number of anilines is 1. The minimum atomic E-state index is -4.60. The van der Waals surface area contributed by atoms with E-state index in [0.29, 0.717) is 24.3 Å². The summed E-state index contributed by atoms with van der Waals surface area (Å²) in [5, 5.41) is 9.05. The van der Waals surface area contributed by atoms with Crippen LogP contribution in [0.4, 0.5) is 18.9 Å². The second kappa shape index (κ2) is 9.38. The van der Waals surface area contributed by atoms with Gasteiger partial charge < -0.3 is 19.6 Å². The molecule has 1 N–H and O–H groups in total. The van der Waals surface area contributed by atoms with Crippen molar-refractivity contribution in [3.63, 3.8) is 0 Å². The summed E-state index contributed by atoms with van der Waals surface area (Å²) in [6.45, 7) is 1.32. The molecule has 0 aromatic heterocycles. The molecule has 0 unspecified atom stereocenters. The molecule has 1 saturated heterocycles. The van der Waals surface area contributed by atoms with E-state index in [9.17, 15) is 22.8 Å². The first-order chi connectivity index (χ1) is 14.7. The van der Waals surface area contributed by atoms with Crippen molar-refractivity contribution in [3.05, 3.63) is 59.7 Å². The van der Waals surface area contributed by atoms with Crippen LogP contribution in [0.25, 0.3) is 0 Å². The van der Waals surface area contributed by atoms with Gasteiger partial charge in [0, 0.05) is 20.0 Å². The van der Waals surface area contributed by atoms with Gasteiger partial charge in [-0.25, -0.2) is 0 Å². The molecule has 1 aliphatic heterocycles. The maximum absolute atomic E-state index is 13.4. The van der Waals surface area contributed by atoms with Gasteiger partial charge in [0.15, 0.2) is 6.61 Å². The second-order valence-corrected chi connectivity index (χ2v) is 7.28. The SMILES string of the molecule is CC(=O)N(c1ccccc1C(F)(F)F)[C@H]1CCN(C(=O)COc2ccc(CO)cc2)C1. The number of amides is 2. The van der Waals surface area contributed by atoms with E-state index >= 15 is 0 Å². The Bertz CT molecular complexity index is 931. The van der Waals surface area contributed by atoms with E-state index in [0.717, 1.165) is 11.0 Å². The molecular weight excluding hydrogens is 413 g/mol. The molecule has 2 aromatic rings. The number of aliphatic hydroxyl groups excluding tert-OH is 1. The number of halogens is 3. The molecule has 6 nitrogen and oxygen atoms in total. The Morgan fingerprint density at radius 1 is 1.16 bits per heavy atom. The van der Waals surface area contributed by atoms with Gasteiger partial charge in [0.05, 0.1) is 23.9 Å². The number of carbonyl (C=O) groups excluding carboxylic acids is 2. The van der Waals surface area contributed by atoms with Crippen molar-refractivity contribution in [3.8, 4) is 5.75 Å². The van der Waals surface area contributed by atoms with E-state index in [1.54, 1.807) is 24.3 Å². The van der Waals surface area contributed by atoms with Gasteiger partial charge in [-0.1, -0.05) is 24.3 Å². The number of carbonyl (C=O) groups is 2. The van der Waals surface area contributed by atoms with Crippen LogP contribution in [-0.2, 0) is 22.4 Å². The van der Waals surface area contributed by atoms with Crippen molar-refractivity contribution in [2.45, 2.75) is 32.2 Å². The molecule has 31 heavy (non-hydrogen) atoms. The summed E-state index contributed by atoms with van der Waals surface area (Å²) in [4.78, 5) is 27.4. The van der Waals surface area contributed by atoms with E-state index in [4.69, 9.17) is 9.84 Å². The van der Waals surface area contributed by atoms with Crippen LogP contribution in [0.2, 0.25) is 0 Å². The Kier molecular flexibility index (Phi) is 6.84. The molecule has 9 heteroatoms. The van der Waals surface area contributed by atoms with Crippen LogP contribution in [-0.4, -0.2) is 47.6 Å². The molecule has 166 valence electrons. The predicted octanol–water partition coefficient (Wildman–Crippen LogP) is 3.23. The zero-order valence-electron chi connectivity index (χ0n) is 16.9. The molecule has 1 fully saturated rings. The molecule has 2 amide bonds. The highest BCUT2D eigenvalue weighted by atomic mass is 19.4. The van der Waals surface area contributed by atoms with Crippen LogP contribution in [0.15, 0.2) is 48.5 Å². The van der Waals surface area contributed by atoms with Crippen LogP contribution < -0.4 is 9.64 Å². The highest BCUT2D eigenvalue weighted by molar-refractivity contribution is 5.93. The number of nitrogens with zero attached hydrogens (tertiary/aromatic N) is 2. The Morgan fingerprint density at radius 3 is 2.45 bits per heavy atom. The highest BCUT2D eigenvalue weighted by Gasteiger charge is 2.39. The van der Waals surface area contributed by atoms with Crippen molar-refractivity contribution >= 4 is 17.5 Å². The minimum Gasteiger partial charge on any atom is -0.484 e. The molecule has 2 aromatic carbocycles. The number of ether oxygens (including phenoxy) is 1. The number of hydrogen-bond acceptors (Lipinski definition) is 4. The van der Waals surface area contributed by atoms with Crippen molar-refractivity contribution < 1.29 is 32.6 Å². The number of hydrogen-bond donors (Lipinski definition) is 1. The van der Waals surface area contributed by atoms with Gasteiger partial charge >= 0.3 is 6.18 Å². The standard InChI is InChI=1S/C22H23F3N2O4/c1-15(29)27(20-5-3-2-4-19(20)22(23,24)25)17-10-11-26(12-17)21(30)14-31-18-8-6-16(13-28)7-9-18/h2-9,17,28H,10-14H2,1H3/t17-/m0/s1. The molecule has 0 aliphatic carbocycles. The van der Waals surface area contributed by atoms with Gasteiger partial charge in [0.1, 0.15) is 5.75 Å². The Balaban J connectivity index is 1.68. The summed E-state index contributed by atoms with van der Waals surface area (Å²) in [7, 11) is 0. The van der Waals surface area contributed by atoms with Gasteiger partial charge in [-0.2, -0.15) is 13.2 Å². The third kappa shape index (κ3) is 5.35. The first-order valence-electron chi connectivity index (χ1n) is 9.77. The Morgan fingerprint density at radius 2 is 1.84 bits per heavy atom. The zero-order chi connectivity index (χ0) is 22.6. The summed E-state index contributed by atoms with van der Waals surface area (Å²) in [5.41, 5.74) is -0.379. The first kappa shape index (κ1) is 22.6. The average molecular weight is 436 g/mol. The second-order valence-electron chi connectivity index (χ2n) is 7.28. The minimum absolute atomic E-state index is 0.0987. The molecule has 3 rings (SSSR count). The zero-order valence-corrected chi connectivity index (χ0v) is 16.9. The quantitative estimate of drug-likeness (QED) is 0.755. The lowest BCUT2D eigenvalue weighted by Gasteiger charge is -2.30. The van der Waals surface area contributed by atoms with Crippen LogP contribution in [0, 0.1) is 0 Å². The van der Waals surface area contributed by atoms with Gasteiger partial charge in [-0.15, -0.1) is 0 Å². The smallest absolute Gasteiger partial charge is 0.418 e. The average Bonchev–Trinajstić information content (AvgIpc) is 3.21. The topological polar surface area (TPSA) is 70.1 Å². The van der Waals surface area contributed by atoms with Gasteiger partial charge in [0.25, 0.3) is 5.91 Å². The Labute approximate surface area is 177 Å². The molecule has 1 atom stereocenters. The van der Waals surface area contributed by atoms with E-state index < -0.39 is 23.7 Å². The predicted molar refractivity (Wildman–Crippen MR) is 107 cm³/mol. The van der Waals surface area contributed by atoms with Crippen LogP contribution in [0.1, 0.15) is 24.5 Å². The summed E-state index contributed by atoms with van der Waals surface area (Å²) in [5.74, 6) is -0.372. The molecule has 0 saturated carbocycles. The highest BCUT2D eigenvalue weighted by Crippen LogP contribution is 2.38. The van der Waals surface area contributed by atoms with Crippen molar-refractivity contribution in [2.75, 3.05) is 24.6 Å². The van der Waals surface area contributed by atoms with Gasteiger partial charge in [-0.3, -0.25) is 9.59 Å². The van der Waals surface area contributed by atoms with Crippen LogP contribution in [0.5, 0.6) is 5.75 Å². The fourth-order valence-electron chi connectivity index (χ4n) is 3.65. The molecule has 0 radical (unpaired) electrons. The van der Waals surface area contributed by atoms with Crippen molar-refractivity contribution in [1.29, 1.82) is 0 Å². The third-order valence-corrected chi connectivity index (χ3v) is 5.16. The molecule has 1 heterocycles. The Hall–Kier alpha value is -3.07. The summed E-state index contributed by atoms with van der Waals surface area (Å²) < 4.78 is 45.8. The number of benzene rings is 2. The van der Waals surface area contributed by atoms with Gasteiger partial charge in [-0.05, 0) is 36.2 Å². The number of para-hydroxylation sites is 1. The van der Waals surface area contributed by atoms with Crippen LogP contribution in [0.3, 0.4) is 0 Å². The van der Waals surface area contributed by atoms with E-state index in [1.165, 1.54) is 30.0 Å². The van der Waals surface area contributed by atoms with E-state index in [2.05, 4.69) is 0 Å². The molecule has 0 bridgehead atoms. The third-order valence-electron chi connectivity index (χ3n) is 5.16. The molecular formula is C22H23F3N2O4. The van der Waals surface area contributed by atoms with E-state index in [1.807, 2.05) is 0 Å². The number of likely N-dealkylation sites (tertiary alicyclic amines) is 1. The normalized spacial score (nSPS) is 16.3. The monoisotopic (exact) mass is 436 g/mol. The summed E-state index contributed by atoms with van der Waals surface area (Å²) in [6.07, 6.45) is -4.24. The first-order valence-corrected chi connectivity index (χ1v) is 9.77. The maximum Gasteiger partial charge on any atom is 0.418 e. The lowest BCUT2D eigenvalue weighted by molar-refractivity contribution is -0.137.